The largest absolute Gasteiger partial charge is 0.309 e. The maximum Gasteiger partial charge on any atom is 0.138 e. The van der Waals surface area contributed by atoms with Crippen LogP contribution in [0.4, 0.5) is 0 Å². The van der Waals surface area contributed by atoms with Gasteiger partial charge in [0.15, 0.2) is 0 Å². The van der Waals surface area contributed by atoms with Crippen LogP contribution in [0.15, 0.2) is 170 Å². The Labute approximate surface area is 266 Å². The van der Waals surface area contributed by atoms with Crippen LogP contribution in [0.1, 0.15) is 0 Å². The normalized spacial score (nSPS) is 11.5. The summed E-state index contributed by atoms with van der Waals surface area (Å²) in [6.07, 6.45) is 5.86. The molecule has 0 saturated heterocycles. The third kappa shape index (κ3) is 4.39. The van der Waals surface area contributed by atoms with Crippen molar-refractivity contribution in [1.82, 2.24) is 19.1 Å². The molecule has 216 valence electrons. The average molecular weight is 589 g/mol. The van der Waals surface area contributed by atoms with Gasteiger partial charge >= 0.3 is 0 Å². The van der Waals surface area contributed by atoms with Gasteiger partial charge in [0.1, 0.15) is 5.82 Å². The van der Waals surface area contributed by atoms with Crippen LogP contribution in [0, 0.1) is 0 Å². The summed E-state index contributed by atoms with van der Waals surface area (Å²) in [4.78, 5) is 9.52. The monoisotopic (exact) mass is 588 g/mol. The number of para-hydroxylation sites is 1. The molecule has 0 N–H and O–H groups in total. The summed E-state index contributed by atoms with van der Waals surface area (Å²) in [5.41, 5.74) is 11.2. The fourth-order valence-corrected chi connectivity index (χ4v) is 6.61. The van der Waals surface area contributed by atoms with Gasteiger partial charge in [-0.3, -0.25) is 4.98 Å². The molecule has 9 aromatic rings. The maximum atomic E-state index is 5.21. The number of aromatic nitrogens is 4. The number of hydrogen-bond acceptors (Lipinski definition) is 2. The SMILES string of the molecule is c1ccc(-c2cc(-c3ccccc3)nc(-n3ccc4cc5c6ccccc6n(-c6ccc(-c7cccnc7)cc6)c5cc43)c2)cc1. The highest BCUT2D eigenvalue weighted by molar-refractivity contribution is 6.13. The van der Waals surface area contributed by atoms with Gasteiger partial charge < -0.3 is 9.13 Å². The fraction of sp³-hybridized carbons (Fsp3) is 0. The molecule has 0 fully saturated rings. The minimum absolute atomic E-state index is 0.887. The molecular weight excluding hydrogens is 560 g/mol. The average Bonchev–Trinajstić information content (AvgIpc) is 3.70. The van der Waals surface area contributed by atoms with E-state index in [2.05, 4.69) is 160 Å². The second-order valence-electron chi connectivity index (χ2n) is 11.6. The molecule has 0 aliphatic rings. The predicted octanol–water partition coefficient (Wildman–Crippen LogP) is 10.5. The molecule has 4 heteroatoms. The summed E-state index contributed by atoms with van der Waals surface area (Å²) in [5.74, 6) is 0.887. The van der Waals surface area contributed by atoms with Crippen LogP contribution >= 0.6 is 0 Å². The lowest BCUT2D eigenvalue weighted by molar-refractivity contribution is 1.05. The van der Waals surface area contributed by atoms with E-state index in [-0.39, 0.29) is 0 Å². The van der Waals surface area contributed by atoms with E-state index in [9.17, 15) is 0 Å². The van der Waals surface area contributed by atoms with Crippen molar-refractivity contribution in [2.45, 2.75) is 0 Å². The molecule has 0 bridgehead atoms. The van der Waals surface area contributed by atoms with Crippen molar-refractivity contribution in [3.63, 3.8) is 0 Å². The standard InChI is InChI=1S/C42H28N4/c1-3-10-29(11-4-1)34-25-38(31-12-5-2-6-13-31)44-42(26-34)45-23-21-32-24-37-36-15-7-8-16-39(36)46(41(37)27-40(32)45)35-19-17-30(18-20-35)33-14-9-22-43-28-33/h1-28H. The highest BCUT2D eigenvalue weighted by Crippen LogP contribution is 2.37. The van der Waals surface area contributed by atoms with E-state index in [4.69, 9.17) is 4.98 Å². The zero-order valence-electron chi connectivity index (χ0n) is 25.0. The third-order valence-corrected chi connectivity index (χ3v) is 8.84. The second-order valence-corrected chi connectivity index (χ2v) is 11.6. The zero-order valence-corrected chi connectivity index (χ0v) is 25.0. The van der Waals surface area contributed by atoms with Crippen LogP contribution in [-0.2, 0) is 0 Å². The lowest BCUT2D eigenvalue weighted by atomic mass is 10.0. The first-order valence-electron chi connectivity index (χ1n) is 15.5. The van der Waals surface area contributed by atoms with Crippen LogP contribution in [0.5, 0.6) is 0 Å². The van der Waals surface area contributed by atoms with Crippen molar-refractivity contribution in [1.29, 1.82) is 0 Å². The maximum absolute atomic E-state index is 5.21. The lowest BCUT2D eigenvalue weighted by Crippen LogP contribution is -1.99. The molecule has 0 unspecified atom stereocenters. The molecule has 0 aliphatic carbocycles. The smallest absolute Gasteiger partial charge is 0.138 e. The molecular formula is C42H28N4. The Morgan fingerprint density at radius 2 is 1.17 bits per heavy atom. The van der Waals surface area contributed by atoms with Crippen LogP contribution in [-0.4, -0.2) is 19.1 Å². The van der Waals surface area contributed by atoms with E-state index in [0.717, 1.165) is 56.0 Å². The Kier molecular flexibility index (Phi) is 6.10. The minimum Gasteiger partial charge on any atom is -0.309 e. The van der Waals surface area contributed by atoms with Crippen molar-refractivity contribution in [2.24, 2.45) is 0 Å². The molecule has 0 amide bonds. The van der Waals surface area contributed by atoms with Gasteiger partial charge in [0.2, 0.25) is 0 Å². The van der Waals surface area contributed by atoms with Crippen LogP contribution < -0.4 is 0 Å². The molecule has 0 spiro atoms. The Bertz CT molecular complexity index is 2430. The van der Waals surface area contributed by atoms with Gasteiger partial charge in [-0.15, -0.1) is 0 Å². The van der Waals surface area contributed by atoms with Gasteiger partial charge in [-0.05, 0) is 76.9 Å². The number of rotatable bonds is 5. The molecule has 4 nitrogen and oxygen atoms in total. The first-order chi connectivity index (χ1) is 22.8. The Morgan fingerprint density at radius 3 is 1.96 bits per heavy atom. The molecule has 4 aromatic heterocycles. The Hall–Kier alpha value is -6.26. The number of fused-ring (bicyclic) bond motifs is 4. The topological polar surface area (TPSA) is 35.6 Å². The zero-order chi connectivity index (χ0) is 30.5. The lowest BCUT2D eigenvalue weighted by Gasteiger charge is -2.13. The first-order valence-corrected chi connectivity index (χ1v) is 15.5. The van der Waals surface area contributed by atoms with E-state index in [1.807, 2.05) is 24.5 Å². The molecule has 9 rings (SSSR count). The molecule has 46 heavy (non-hydrogen) atoms. The fourth-order valence-electron chi connectivity index (χ4n) is 6.61. The van der Waals surface area contributed by atoms with E-state index in [1.165, 1.54) is 21.7 Å². The van der Waals surface area contributed by atoms with Gasteiger partial charge in [0.25, 0.3) is 0 Å². The molecule has 0 radical (unpaired) electrons. The van der Waals surface area contributed by atoms with E-state index in [0.29, 0.717) is 0 Å². The number of pyridine rings is 2. The van der Waals surface area contributed by atoms with Crippen molar-refractivity contribution < 1.29 is 0 Å². The van der Waals surface area contributed by atoms with Crippen LogP contribution in [0.3, 0.4) is 0 Å². The summed E-state index contributed by atoms with van der Waals surface area (Å²) >= 11 is 0. The summed E-state index contributed by atoms with van der Waals surface area (Å²) in [6.45, 7) is 0. The predicted molar refractivity (Wildman–Crippen MR) is 190 cm³/mol. The minimum atomic E-state index is 0.887. The Balaban J connectivity index is 1.25. The van der Waals surface area contributed by atoms with Crippen LogP contribution in [0.2, 0.25) is 0 Å². The highest BCUT2D eigenvalue weighted by Gasteiger charge is 2.16. The summed E-state index contributed by atoms with van der Waals surface area (Å²) in [5, 5.41) is 3.64. The van der Waals surface area contributed by atoms with Crippen molar-refractivity contribution >= 4 is 32.7 Å². The summed E-state index contributed by atoms with van der Waals surface area (Å²) in [6, 6.07) is 53.7. The number of hydrogen-bond donors (Lipinski definition) is 0. The molecule has 5 aromatic carbocycles. The van der Waals surface area contributed by atoms with Gasteiger partial charge in [-0.1, -0.05) is 97.1 Å². The van der Waals surface area contributed by atoms with E-state index >= 15 is 0 Å². The number of benzene rings is 5. The van der Waals surface area contributed by atoms with Crippen molar-refractivity contribution in [3.05, 3.63) is 170 Å². The molecule has 0 atom stereocenters. The first kappa shape index (κ1) is 26.2. The highest BCUT2D eigenvalue weighted by atomic mass is 15.1. The van der Waals surface area contributed by atoms with Gasteiger partial charge in [0, 0.05) is 46.0 Å². The number of nitrogens with zero attached hydrogens (tertiary/aromatic N) is 4. The van der Waals surface area contributed by atoms with Crippen LogP contribution in [0.25, 0.3) is 77.7 Å². The van der Waals surface area contributed by atoms with E-state index < -0.39 is 0 Å². The second kappa shape index (κ2) is 10.7. The molecule has 4 heterocycles. The van der Waals surface area contributed by atoms with Gasteiger partial charge in [-0.25, -0.2) is 4.98 Å². The van der Waals surface area contributed by atoms with Gasteiger partial charge in [-0.2, -0.15) is 0 Å². The van der Waals surface area contributed by atoms with E-state index in [1.54, 1.807) is 0 Å². The van der Waals surface area contributed by atoms with Gasteiger partial charge in [0.05, 0.1) is 22.2 Å². The quantitative estimate of drug-likeness (QED) is 0.200. The summed E-state index contributed by atoms with van der Waals surface area (Å²) < 4.78 is 4.60. The molecule has 0 saturated carbocycles. The third-order valence-electron chi connectivity index (χ3n) is 8.84. The Morgan fingerprint density at radius 1 is 0.457 bits per heavy atom. The summed E-state index contributed by atoms with van der Waals surface area (Å²) in [7, 11) is 0. The van der Waals surface area contributed by atoms with Crippen molar-refractivity contribution in [2.75, 3.05) is 0 Å². The van der Waals surface area contributed by atoms with Crippen molar-refractivity contribution in [3.8, 4) is 45.0 Å². The molecule has 0 aliphatic heterocycles.